The van der Waals surface area contributed by atoms with Gasteiger partial charge >= 0.3 is 0 Å². The predicted octanol–water partition coefficient (Wildman–Crippen LogP) is 3.61. The molecule has 1 fully saturated rings. The Morgan fingerprint density at radius 1 is 1.06 bits per heavy atom. The molecule has 1 saturated carbocycles. The van der Waals surface area contributed by atoms with Gasteiger partial charge in [0.05, 0.1) is 11.9 Å². The lowest BCUT2D eigenvalue weighted by molar-refractivity contribution is 0.565. The first-order valence-corrected chi connectivity index (χ1v) is 7.25. The SMILES string of the molecule is NC(=NC1CCCc2ccccc21)C1CCCC1. The van der Waals surface area contributed by atoms with Crippen molar-refractivity contribution in [1.82, 2.24) is 0 Å². The van der Waals surface area contributed by atoms with Crippen LogP contribution in [-0.2, 0) is 6.42 Å². The quantitative estimate of drug-likeness (QED) is 0.624. The number of rotatable bonds is 2. The second kappa shape index (κ2) is 5.13. The van der Waals surface area contributed by atoms with Crippen LogP contribution in [0.5, 0.6) is 0 Å². The number of aryl methyl sites for hydroxylation is 1. The van der Waals surface area contributed by atoms with Crippen molar-refractivity contribution < 1.29 is 0 Å². The van der Waals surface area contributed by atoms with E-state index in [2.05, 4.69) is 24.3 Å². The lowest BCUT2D eigenvalue weighted by Gasteiger charge is -2.23. The van der Waals surface area contributed by atoms with Gasteiger partial charge in [-0.05, 0) is 43.2 Å². The van der Waals surface area contributed by atoms with Gasteiger partial charge in [0.1, 0.15) is 0 Å². The fourth-order valence-corrected chi connectivity index (χ4v) is 3.37. The molecule has 0 amide bonds. The summed E-state index contributed by atoms with van der Waals surface area (Å²) in [5.41, 5.74) is 9.09. The lowest BCUT2D eigenvalue weighted by atomic mass is 9.88. The second-order valence-corrected chi connectivity index (χ2v) is 5.64. The molecule has 2 aliphatic carbocycles. The summed E-state index contributed by atoms with van der Waals surface area (Å²) >= 11 is 0. The van der Waals surface area contributed by atoms with Crippen molar-refractivity contribution in [3.05, 3.63) is 35.4 Å². The van der Waals surface area contributed by atoms with Gasteiger partial charge in [-0.2, -0.15) is 0 Å². The number of aliphatic imine (C=N–C) groups is 1. The van der Waals surface area contributed by atoms with Crippen molar-refractivity contribution in [3.8, 4) is 0 Å². The molecule has 0 bridgehead atoms. The van der Waals surface area contributed by atoms with Crippen LogP contribution in [0.4, 0.5) is 0 Å². The van der Waals surface area contributed by atoms with Gasteiger partial charge in [-0.3, -0.25) is 4.99 Å². The summed E-state index contributed by atoms with van der Waals surface area (Å²) in [7, 11) is 0. The smallest absolute Gasteiger partial charge is 0.0976 e. The van der Waals surface area contributed by atoms with Crippen molar-refractivity contribution >= 4 is 5.84 Å². The molecule has 18 heavy (non-hydrogen) atoms. The number of amidine groups is 1. The first-order valence-electron chi connectivity index (χ1n) is 7.25. The molecule has 2 heteroatoms. The zero-order valence-corrected chi connectivity index (χ0v) is 10.9. The van der Waals surface area contributed by atoms with E-state index in [0.29, 0.717) is 12.0 Å². The Kier molecular flexibility index (Phi) is 3.35. The largest absolute Gasteiger partial charge is 0.387 e. The number of nitrogens with two attached hydrogens (primary N) is 1. The summed E-state index contributed by atoms with van der Waals surface area (Å²) in [5.74, 6) is 1.47. The van der Waals surface area contributed by atoms with E-state index in [1.165, 1.54) is 49.7 Å². The van der Waals surface area contributed by atoms with Crippen LogP contribution >= 0.6 is 0 Å². The molecule has 1 aromatic rings. The maximum atomic E-state index is 6.22. The highest BCUT2D eigenvalue weighted by atomic mass is 14.9. The average molecular weight is 242 g/mol. The van der Waals surface area contributed by atoms with Crippen LogP contribution in [0.25, 0.3) is 0 Å². The molecular weight excluding hydrogens is 220 g/mol. The van der Waals surface area contributed by atoms with E-state index in [4.69, 9.17) is 10.7 Å². The van der Waals surface area contributed by atoms with Crippen LogP contribution in [0.3, 0.4) is 0 Å². The van der Waals surface area contributed by atoms with Crippen molar-refractivity contribution in [1.29, 1.82) is 0 Å². The zero-order valence-electron chi connectivity index (χ0n) is 10.9. The zero-order chi connectivity index (χ0) is 12.4. The molecule has 1 atom stereocenters. The fraction of sp³-hybridized carbons (Fsp3) is 0.562. The molecule has 0 saturated heterocycles. The molecule has 1 unspecified atom stereocenters. The molecular formula is C16H22N2. The summed E-state index contributed by atoms with van der Waals surface area (Å²) in [5, 5.41) is 0. The molecule has 96 valence electrons. The summed E-state index contributed by atoms with van der Waals surface area (Å²) in [4.78, 5) is 4.85. The van der Waals surface area contributed by atoms with Gasteiger partial charge in [-0.25, -0.2) is 0 Å². The Morgan fingerprint density at radius 2 is 1.83 bits per heavy atom. The number of nitrogens with zero attached hydrogens (tertiary/aromatic N) is 1. The van der Waals surface area contributed by atoms with Gasteiger partial charge in [0, 0.05) is 5.92 Å². The highest BCUT2D eigenvalue weighted by Gasteiger charge is 2.23. The Labute approximate surface area is 109 Å². The maximum absolute atomic E-state index is 6.22. The number of hydrogen-bond acceptors (Lipinski definition) is 1. The van der Waals surface area contributed by atoms with E-state index in [9.17, 15) is 0 Å². The van der Waals surface area contributed by atoms with Gasteiger partial charge < -0.3 is 5.73 Å². The third kappa shape index (κ3) is 2.29. The van der Waals surface area contributed by atoms with E-state index in [-0.39, 0.29) is 0 Å². The minimum atomic E-state index is 0.315. The van der Waals surface area contributed by atoms with Crippen LogP contribution < -0.4 is 5.73 Å². The monoisotopic (exact) mass is 242 g/mol. The predicted molar refractivity (Wildman–Crippen MR) is 75.7 cm³/mol. The summed E-state index contributed by atoms with van der Waals surface area (Å²) in [6.07, 6.45) is 8.72. The second-order valence-electron chi connectivity index (χ2n) is 5.64. The standard InChI is InChI=1S/C16H22N2/c17-16(13-7-1-2-8-13)18-15-11-5-9-12-6-3-4-10-14(12)15/h3-4,6,10,13,15H,1-2,5,7-9,11H2,(H2,17,18). The van der Waals surface area contributed by atoms with Crippen molar-refractivity contribution in [2.45, 2.75) is 51.0 Å². The molecule has 0 spiro atoms. The van der Waals surface area contributed by atoms with Gasteiger partial charge in [0.2, 0.25) is 0 Å². The molecule has 2 N–H and O–H groups in total. The Bertz CT molecular complexity index is 444. The van der Waals surface area contributed by atoms with Crippen LogP contribution in [0.1, 0.15) is 55.7 Å². The van der Waals surface area contributed by atoms with Crippen LogP contribution in [-0.4, -0.2) is 5.84 Å². The first-order chi connectivity index (χ1) is 8.84. The Balaban J connectivity index is 1.83. The van der Waals surface area contributed by atoms with Gasteiger partial charge in [0.15, 0.2) is 0 Å². The van der Waals surface area contributed by atoms with E-state index in [1.807, 2.05) is 0 Å². The average Bonchev–Trinajstić information content (AvgIpc) is 2.93. The van der Waals surface area contributed by atoms with Gasteiger partial charge in [0.25, 0.3) is 0 Å². The van der Waals surface area contributed by atoms with E-state index >= 15 is 0 Å². The van der Waals surface area contributed by atoms with Crippen LogP contribution in [0.15, 0.2) is 29.3 Å². The summed E-state index contributed by atoms with van der Waals surface area (Å²) in [6.45, 7) is 0. The molecule has 0 aliphatic heterocycles. The number of fused-ring (bicyclic) bond motifs is 1. The molecule has 2 nitrogen and oxygen atoms in total. The lowest BCUT2D eigenvalue weighted by Crippen LogP contribution is -2.23. The maximum Gasteiger partial charge on any atom is 0.0976 e. The Morgan fingerprint density at radius 3 is 2.67 bits per heavy atom. The van der Waals surface area contributed by atoms with Crippen molar-refractivity contribution in [2.75, 3.05) is 0 Å². The van der Waals surface area contributed by atoms with Gasteiger partial charge in [-0.1, -0.05) is 37.1 Å². The molecule has 1 aromatic carbocycles. The third-order valence-electron chi connectivity index (χ3n) is 4.42. The normalized spacial score (nSPS) is 25.1. The van der Waals surface area contributed by atoms with Crippen molar-refractivity contribution in [3.63, 3.8) is 0 Å². The highest BCUT2D eigenvalue weighted by Crippen LogP contribution is 2.33. The molecule has 0 heterocycles. The van der Waals surface area contributed by atoms with E-state index in [1.54, 1.807) is 0 Å². The first kappa shape index (κ1) is 11.8. The number of benzene rings is 1. The third-order valence-corrected chi connectivity index (χ3v) is 4.42. The van der Waals surface area contributed by atoms with E-state index < -0.39 is 0 Å². The fourth-order valence-electron chi connectivity index (χ4n) is 3.37. The van der Waals surface area contributed by atoms with Gasteiger partial charge in [-0.15, -0.1) is 0 Å². The highest BCUT2D eigenvalue weighted by molar-refractivity contribution is 5.83. The van der Waals surface area contributed by atoms with Crippen molar-refractivity contribution in [2.24, 2.45) is 16.6 Å². The van der Waals surface area contributed by atoms with Crippen LogP contribution in [0, 0.1) is 5.92 Å². The summed E-state index contributed by atoms with van der Waals surface area (Å²) < 4.78 is 0. The molecule has 0 aromatic heterocycles. The van der Waals surface area contributed by atoms with Crippen LogP contribution in [0.2, 0.25) is 0 Å². The van der Waals surface area contributed by atoms with E-state index in [0.717, 1.165) is 12.3 Å². The molecule has 3 rings (SSSR count). The molecule has 0 radical (unpaired) electrons. The summed E-state index contributed by atoms with van der Waals surface area (Å²) in [6, 6.07) is 9.03. The molecule has 2 aliphatic rings. The minimum Gasteiger partial charge on any atom is -0.387 e. The Hall–Kier alpha value is -1.31. The number of hydrogen-bond donors (Lipinski definition) is 1. The topological polar surface area (TPSA) is 38.4 Å². The minimum absolute atomic E-state index is 0.315.